The minimum atomic E-state index is 0.307. The zero-order valence-corrected chi connectivity index (χ0v) is 12.2. The summed E-state index contributed by atoms with van der Waals surface area (Å²) in [6.45, 7) is 0. The Morgan fingerprint density at radius 1 is 1.24 bits per heavy atom. The van der Waals surface area contributed by atoms with Crippen molar-refractivity contribution in [1.82, 2.24) is 5.43 Å². The molecule has 0 aliphatic heterocycles. The van der Waals surface area contributed by atoms with Gasteiger partial charge in [-0.25, -0.2) is 0 Å². The van der Waals surface area contributed by atoms with E-state index in [-0.39, 0.29) is 0 Å². The van der Waals surface area contributed by atoms with Gasteiger partial charge in [-0.3, -0.25) is 5.43 Å². The summed E-state index contributed by atoms with van der Waals surface area (Å²) in [6.07, 6.45) is 1.49. The first-order valence-corrected chi connectivity index (χ1v) is 8.12. The fraction of sp³-hybridized carbons (Fsp3) is 0.833. The lowest BCUT2D eigenvalue weighted by Gasteiger charge is -2.32. The lowest BCUT2D eigenvalue weighted by Crippen LogP contribution is -2.30. The van der Waals surface area contributed by atoms with Crippen LogP contribution in [0.25, 0.3) is 0 Å². The second kappa shape index (κ2) is 2.81. The second-order valence-electron chi connectivity index (χ2n) is 6.38. The van der Waals surface area contributed by atoms with E-state index in [1.54, 1.807) is 0 Å². The summed E-state index contributed by atoms with van der Waals surface area (Å²) in [5.74, 6) is 7.46. The van der Waals surface area contributed by atoms with Gasteiger partial charge in [0.05, 0.1) is 0 Å². The molecule has 0 aromatic rings. The van der Waals surface area contributed by atoms with Gasteiger partial charge in [-0.1, -0.05) is 22.6 Å². The van der Waals surface area contributed by atoms with Gasteiger partial charge in [-0.15, -0.1) is 0 Å². The maximum atomic E-state index is 5.50. The molecule has 6 bridgehead atoms. The third-order valence-electron chi connectivity index (χ3n) is 6.34. The Morgan fingerprint density at radius 3 is 2.71 bits per heavy atom. The van der Waals surface area contributed by atoms with Gasteiger partial charge in [0, 0.05) is 21.5 Å². The number of hydrogen-bond acceptors (Lipinski definition) is 2. The first kappa shape index (κ1) is 9.95. The molecule has 0 radical (unpaired) electrons. The van der Waals surface area contributed by atoms with Gasteiger partial charge in [0.15, 0.2) is 5.11 Å². The first-order chi connectivity index (χ1) is 8.20. The second-order valence-corrected chi connectivity index (χ2v) is 8.26. The van der Waals surface area contributed by atoms with Crippen LogP contribution < -0.4 is 11.2 Å². The molecule has 0 spiro atoms. The number of hydrazone groups is 1. The molecule has 6 saturated carbocycles. The van der Waals surface area contributed by atoms with Crippen molar-refractivity contribution in [2.45, 2.75) is 10.3 Å². The number of nitrogens with zero attached hydrogens (tertiary/aromatic N) is 1. The van der Waals surface area contributed by atoms with Gasteiger partial charge in [0.2, 0.25) is 0 Å². The maximum Gasteiger partial charge on any atom is 0.184 e. The largest absolute Gasteiger partial charge is 0.375 e. The minimum absolute atomic E-state index is 0.307. The molecular weight excluding hydrogens is 345 g/mol. The van der Waals surface area contributed by atoms with E-state index in [4.69, 9.17) is 18.0 Å². The monoisotopic (exact) mass is 359 g/mol. The highest BCUT2D eigenvalue weighted by Crippen LogP contribution is 2.82. The van der Waals surface area contributed by atoms with Crippen molar-refractivity contribution in [3.63, 3.8) is 0 Å². The molecule has 0 aromatic heterocycles. The van der Waals surface area contributed by atoms with E-state index in [9.17, 15) is 0 Å². The molecule has 0 saturated heterocycles. The predicted octanol–water partition coefficient (Wildman–Crippen LogP) is 1.37. The van der Waals surface area contributed by atoms with Crippen LogP contribution in [0.5, 0.6) is 0 Å². The third kappa shape index (κ3) is 0.856. The normalized spacial score (nSPS) is 65.7. The van der Waals surface area contributed by atoms with Gasteiger partial charge >= 0.3 is 0 Å². The van der Waals surface area contributed by atoms with Crippen LogP contribution in [0, 0.1) is 47.3 Å². The van der Waals surface area contributed by atoms with Crippen molar-refractivity contribution in [3.05, 3.63) is 0 Å². The van der Waals surface area contributed by atoms with Crippen molar-refractivity contribution >= 4 is 45.6 Å². The average molecular weight is 359 g/mol. The molecule has 3 nitrogen and oxygen atoms in total. The number of nitrogens with two attached hydrogens (primary N) is 1. The zero-order chi connectivity index (χ0) is 11.5. The van der Waals surface area contributed by atoms with Gasteiger partial charge in [-0.2, -0.15) is 5.10 Å². The summed E-state index contributed by atoms with van der Waals surface area (Å²) in [5.41, 5.74) is 9.78. The van der Waals surface area contributed by atoms with Crippen molar-refractivity contribution < 1.29 is 0 Å². The van der Waals surface area contributed by atoms with E-state index >= 15 is 0 Å². The Kier molecular flexibility index (Phi) is 1.65. The van der Waals surface area contributed by atoms with E-state index in [0.717, 1.165) is 51.3 Å². The zero-order valence-electron chi connectivity index (χ0n) is 9.21. The lowest BCUT2D eigenvalue weighted by molar-refractivity contribution is 0.132. The van der Waals surface area contributed by atoms with E-state index in [1.807, 2.05) is 0 Å². The smallest absolute Gasteiger partial charge is 0.184 e. The highest BCUT2D eigenvalue weighted by Gasteiger charge is 2.82. The van der Waals surface area contributed by atoms with Gasteiger partial charge in [0.25, 0.3) is 0 Å². The SMILES string of the molecule is NC(=S)N/N=C1\[C@H]2[C@@H]3C[C@@H]4[C@@H]5[C@@H](I)[C@H]([C@H]1[C@H]35)[C@@H]42. The van der Waals surface area contributed by atoms with Crippen LogP contribution in [0.2, 0.25) is 0 Å². The Bertz CT molecular complexity index is 476. The maximum absolute atomic E-state index is 5.50. The van der Waals surface area contributed by atoms with E-state index in [1.165, 1.54) is 12.1 Å². The molecule has 5 heteroatoms. The Hall–Kier alpha value is 0.0900. The van der Waals surface area contributed by atoms with Crippen LogP contribution >= 0.6 is 34.8 Å². The van der Waals surface area contributed by atoms with Crippen LogP contribution in [0.1, 0.15) is 6.42 Å². The molecule has 0 aromatic carbocycles. The summed E-state index contributed by atoms with van der Waals surface area (Å²) < 4.78 is 0.921. The molecule has 0 heterocycles. The topological polar surface area (TPSA) is 50.4 Å². The number of thiocarbonyl (C=S) groups is 1. The van der Waals surface area contributed by atoms with E-state index < -0.39 is 0 Å². The van der Waals surface area contributed by atoms with Crippen molar-refractivity contribution in [2.24, 2.45) is 58.2 Å². The summed E-state index contributed by atoms with van der Waals surface area (Å²) in [6, 6.07) is 0. The van der Waals surface area contributed by atoms with Crippen molar-refractivity contribution in [3.8, 4) is 0 Å². The molecular formula is C12H14IN3S. The van der Waals surface area contributed by atoms with Crippen LogP contribution in [-0.2, 0) is 0 Å². The Labute approximate surface area is 119 Å². The summed E-state index contributed by atoms with van der Waals surface area (Å²) in [7, 11) is 0. The molecule has 6 aliphatic rings. The number of alkyl halides is 1. The Morgan fingerprint density at radius 2 is 2.00 bits per heavy atom. The molecule has 0 unspecified atom stereocenters. The van der Waals surface area contributed by atoms with Crippen molar-refractivity contribution in [2.75, 3.05) is 0 Å². The molecule has 90 valence electrons. The number of halogens is 1. The van der Waals surface area contributed by atoms with Crippen LogP contribution in [0.4, 0.5) is 0 Å². The van der Waals surface area contributed by atoms with E-state index in [0.29, 0.717) is 5.11 Å². The molecule has 9 atom stereocenters. The quantitative estimate of drug-likeness (QED) is 0.322. The number of nitrogens with one attached hydrogen (secondary N) is 1. The summed E-state index contributed by atoms with van der Waals surface area (Å²) >= 11 is 7.59. The summed E-state index contributed by atoms with van der Waals surface area (Å²) in [5, 5.41) is 4.88. The van der Waals surface area contributed by atoms with Gasteiger partial charge in [0.1, 0.15) is 0 Å². The molecule has 17 heavy (non-hydrogen) atoms. The van der Waals surface area contributed by atoms with Crippen molar-refractivity contribution in [1.29, 1.82) is 0 Å². The third-order valence-corrected chi connectivity index (χ3v) is 8.09. The van der Waals surface area contributed by atoms with Crippen LogP contribution in [0.15, 0.2) is 5.10 Å². The average Bonchev–Trinajstić information content (AvgIpc) is 2.97. The fourth-order valence-electron chi connectivity index (χ4n) is 6.49. The van der Waals surface area contributed by atoms with E-state index in [2.05, 4.69) is 33.1 Å². The highest BCUT2D eigenvalue weighted by atomic mass is 127. The first-order valence-electron chi connectivity index (χ1n) is 6.47. The lowest BCUT2D eigenvalue weighted by atomic mass is 9.71. The molecule has 6 fully saturated rings. The predicted molar refractivity (Wildman–Crippen MR) is 77.7 cm³/mol. The van der Waals surface area contributed by atoms with Gasteiger partial charge < -0.3 is 5.73 Å². The fourth-order valence-corrected chi connectivity index (χ4v) is 8.48. The molecule has 3 N–H and O–H groups in total. The molecule has 0 amide bonds. The number of hydrogen-bond donors (Lipinski definition) is 2. The molecule has 6 aliphatic carbocycles. The molecule has 6 rings (SSSR count). The van der Waals surface area contributed by atoms with Crippen LogP contribution in [-0.4, -0.2) is 14.7 Å². The summed E-state index contributed by atoms with van der Waals surface area (Å²) in [4.78, 5) is 0. The van der Waals surface area contributed by atoms with Gasteiger partial charge in [-0.05, 0) is 54.1 Å². The Balaban J connectivity index is 1.62. The standard InChI is InChI=1S/C12H14IN3S/c13-10-6-2-1-3-4(6)9-8(10)5(2)7(3)11(9)15-16-12(14)17/h2-10H,1H2,(H3,14,16,17)/b15-11+/t2-,3+,4+,5-,6-,7-,8-,9+,10+/m0/s1. The minimum Gasteiger partial charge on any atom is -0.375 e. The number of rotatable bonds is 1. The van der Waals surface area contributed by atoms with Crippen LogP contribution in [0.3, 0.4) is 0 Å². The highest BCUT2D eigenvalue weighted by molar-refractivity contribution is 14.1.